The Bertz CT molecular complexity index is 208. The average Bonchev–Trinajstić information content (AvgIpc) is 2.64. The zero-order chi connectivity index (χ0) is 11.3. The van der Waals surface area contributed by atoms with Crippen LogP contribution in [0.3, 0.4) is 0 Å². The van der Waals surface area contributed by atoms with Gasteiger partial charge in [0.1, 0.15) is 0 Å². The maximum absolute atomic E-state index is 11.8. The molecule has 0 aromatic heterocycles. The zero-order valence-electron chi connectivity index (χ0n) is 10.0. The Kier molecular flexibility index (Phi) is 5.05. The maximum Gasteiger partial charge on any atom is 0.224 e. The second-order valence-corrected chi connectivity index (χ2v) is 4.32. The molecule has 1 heterocycles. The second-order valence-electron chi connectivity index (χ2n) is 4.32. The zero-order valence-corrected chi connectivity index (χ0v) is 10.0. The van der Waals surface area contributed by atoms with Crippen molar-refractivity contribution >= 4 is 5.91 Å². The number of rotatable bonds is 5. The Hall–Kier alpha value is -0.610. The van der Waals surface area contributed by atoms with Gasteiger partial charge in [0, 0.05) is 19.1 Å². The van der Waals surface area contributed by atoms with Crippen LogP contribution in [0.2, 0.25) is 0 Å². The number of hydrogen-bond acceptors (Lipinski definition) is 3. The summed E-state index contributed by atoms with van der Waals surface area (Å²) in [5.41, 5.74) is 0. The van der Waals surface area contributed by atoms with Crippen LogP contribution < -0.4 is 10.6 Å². The van der Waals surface area contributed by atoms with Crippen molar-refractivity contribution in [3.05, 3.63) is 0 Å². The Morgan fingerprint density at radius 1 is 1.60 bits per heavy atom. The fourth-order valence-corrected chi connectivity index (χ4v) is 1.88. The largest absolute Gasteiger partial charge is 0.355 e. The van der Waals surface area contributed by atoms with E-state index < -0.39 is 0 Å². The van der Waals surface area contributed by atoms with Gasteiger partial charge in [-0.05, 0) is 33.5 Å². The number of nitrogens with zero attached hydrogens (tertiary/aromatic N) is 1. The molecule has 1 aliphatic heterocycles. The second kappa shape index (κ2) is 6.08. The molecular formula is C11H23N3O. The Balaban J connectivity index is 2.18. The lowest BCUT2D eigenvalue weighted by molar-refractivity contribution is -0.125. The predicted octanol–water partition coefficient (Wildman–Crippen LogP) is 0.0523. The summed E-state index contributed by atoms with van der Waals surface area (Å²) in [7, 11) is 2.06. The lowest BCUT2D eigenvalue weighted by atomic mass is 10.0. The van der Waals surface area contributed by atoms with Crippen LogP contribution in [0.1, 0.15) is 20.3 Å². The quantitative estimate of drug-likeness (QED) is 0.678. The minimum Gasteiger partial charge on any atom is -0.355 e. The molecule has 1 fully saturated rings. The Morgan fingerprint density at radius 3 is 2.87 bits per heavy atom. The summed E-state index contributed by atoms with van der Waals surface area (Å²) in [5, 5.41) is 6.29. The standard InChI is InChI=1S/C11H23N3O/c1-4-14(3)8-7-13-11(15)10-5-6-12-9(10)2/h9-10,12H,4-8H2,1-3H3,(H,13,15). The van der Waals surface area contributed by atoms with Crippen molar-refractivity contribution < 1.29 is 4.79 Å². The van der Waals surface area contributed by atoms with E-state index in [1.165, 1.54) is 0 Å². The van der Waals surface area contributed by atoms with Crippen LogP contribution >= 0.6 is 0 Å². The summed E-state index contributed by atoms with van der Waals surface area (Å²) >= 11 is 0. The molecule has 0 aliphatic carbocycles. The Labute approximate surface area is 92.4 Å². The van der Waals surface area contributed by atoms with Crippen molar-refractivity contribution in [3.63, 3.8) is 0 Å². The lowest BCUT2D eigenvalue weighted by Crippen LogP contribution is -2.39. The van der Waals surface area contributed by atoms with Crippen molar-refractivity contribution in [1.29, 1.82) is 0 Å². The first-order valence-corrected chi connectivity index (χ1v) is 5.84. The van der Waals surface area contributed by atoms with Crippen LogP contribution in [0.4, 0.5) is 0 Å². The molecule has 88 valence electrons. The van der Waals surface area contributed by atoms with E-state index in [2.05, 4.69) is 36.4 Å². The molecule has 0 bridgehead atoms. The van der Waals surface area contributed by atoms with Crippen LogP contribution in [0.15, 0.2) is 0 Å². The van der Waals surface area contributed by atoms with Crippen molar-refractivity contribution in [2.24, 2.45) is 5.92 Å². The van der Waals surface area contributed by atoms with Gasteiger partial charge in [-0.1, -0.05) is 6.92 Å². The van der Waals surface area contributed by atoms with Gasteiger partial charge in [-0.25, -0.2) is 0 Å². The summed E-state index contributed by atoms with van der Waals surface area (Å²) in [5.74, 6) is 0.369. The molecule has 0 aromatic rings. The molecule has 0 saturated carbocycles. The van der Waals surface area contributed by atoms with E-state index in [0.29, 0.717) is 6.04 Å². The molecule has 1 amide bonds. The lowest BCUT2D eigenvalue weighted by Gasteiger charge is -2.17. The average molecular weight is 213 g/mol. The molecule has 15 heavy (non-hydrogen) atoms. The van der Waals surface area contributed by atoms with Gasteiger partial charge in [-0.3, -0.25) is 4.79 Å². The number of carbonyl (C=O) groups excluding carboxylic acids is 1. The minimum atomic E-state index is 0.164. The van der Waals surface area contributed by atoms with Crippen LogP contribution in [0, 0.1) is 5.92 Å². The van der Waals surface area contributed by atoms with E-state index >= 15 is 0 Å². The molecule has 4 nitrogen and oxygen atoms in total. The normalized spacial score (nSPS) is 25.9. The number of amides is 1. The highest BCUT2D eigenvalue weighted by Crippen LogP contribution is 2.14. The van der Waals surface area contributed by atoms with E-state index in [1.54, 1.807) is 0 Å². The fourth-order valence-electron chi connectivity index (χ4n) is 1.88. The third kappa shape index (κ3) is 3.80. The summed E-state index contributed by atoms with van der Waals surface area (Å²) < 4.78 is 0. The van der Waals surface area contributed by atoms with Crippen molar-refractivity contribution in [3.8, 4) is 0 Å². The fraction of sp³-hybridized carbons (Fsp3) is 0.909. The van der Waals surface area contributed by atoms with Gasteiger partial charge in [0.25, 0.3) is 0 Å². The third-order valence-electron chi connectivity index (χ3n) is 3.19. The molecule has 2 atom stereocenters. The summed E-state index contributed by atoms with van der Waals surface area (Å²) in [6.07, 6.45) is 0.969. The molecule has 0 spiro atoms. The van der Waals surface area contributed by atoms with Gasteiger partial charge in [0.2, 0.25) is 5.91 Å². The van der Waals surface area contributed by atoms with Gasteiger partial charge in [-0.2, -0.15) is 0 Å². The number of likely N-dealkylation sites (N-methyl/N-ethyl adjacent to an activating group) is 1. The van der Waals surface area contributed by atoms with Crippen LogP contribution in [-0.2, 0) is 4.79 Å². The van der Waals surface area contributed by atoms with Crippen molar-refractivity contribution in [1.82, 2.24) is 15.5 Å². The molecule has 0 radical (unpaired) electrons. The van der Waals surface area contributed by atoms with Gasteiger partial charge < -0.3 is 15.5 Å². The van der Waals surface area contributed by atoms with E-state index in [1.807, 2.05) is 0 Å². The number of hydrogen-bond donors (Lipinski definition) is 2. The molecule has 2 unspecified atom stereocenters. The maximum atomic E-state index is 11.8. The van der Waals surface area contributed by atoms with Crippen LogP contribution in [-0.4, -0.2) is 50.1 Å². The van der Waals surface area contributed by atoms with Gasteiger partial charge >= 0.3 is 0 Å². The topological polar surface area (TPSA) is 44.4 Å². The monoisotopic (exact) mass is 213 g/mol. The number of nitrogens with one attached hydrogen (secondary N) is 2. The first-order valence-electron chi connectivity index (χ1n) is 5.84. The highest BCUT2D eigenvalue weighted by atomic mass is 16.1. The van der Waals surface area contributed by atoms with Crippen molar-refractivity contribution in [2.75, 3.05) is 33.2 Å². The molecule has 4 heteroatoms. The first kappa shape index (κ1) is 12.5. The molecule has 1 rings (SSSR count). The van der Waals surface area contributed by atoms with E-state index in [9.17, 15) is 4.79 Å². The minimum absolute atomic E-state index is 0.164. The van der Waals surface area contributed by atoms with E-state index in [0.717, 1.165) is 32.6 Å². The summed E-state index contributed by atoms with van der Waals surface area (Å²) in [4.78, 5) is 13.9. The predicted molar refractivity (Wildman–Crippen MR) is 61.8 cm³/mol. The van der Waals surface area contributed by atoms with Crippen molar-refractivity contribution in [2.45, 2.75) is 26.3 Å². The molecular weight excluding hydrogens is 190 g/mol. The SMILES string of the molecule is CCN(C)CCNC(=O)C1CCNC1C. The molecule has 0 aromatic carbocycles. The van der Waals surface area contributed by atoms with Gasteiger partial charge in [0.05, 0.1) is 5.92 Å². The molecule has 2 N–H and O–H groups in total. The van der Waals surface area contributed by atoms with Gasteiger partial charge in [0.15, 0.2) is 0 Å². The van der Waals surface area contributed by atoms with E-state index in [4.69, 9.17) is 0 Å². The molecule has 1 aliphatic rings. The first-order chi connectivity index (χ1) is 7.15. The Morgan fingerprint density at radius 2 is 2.33 bits per heavy atom. The number of carbonyl (C=O) groups is 1. The highest BCUT2D eigenvalue weighted by molar-refractivity contribution is 5.79. The van der Waals surface area contributed by atoms with Gasteiger partial charge in [-0.15, -0.1) is 0 Å². The van der Waals surface area contributed by atoms with Crippen LogP contribution in [0.5, 0.6) is 0 Å². The van der Waals surface area contributed by atoms with Crippen LogP contribution in [0.25, 0.3) is 0 Å². The smallest absolute Gasteiger partial charge is 0.224 e. The molecule has 1 saturated heterocycles. The van der Waals surface area contributed by atoms with E-state index in [-0.39, 0.29) is 11.8 Å². The third-order valence-corrected chi connectivity index (χ3v) is 3.19. The summed E-state index contributed by atoms with van der Waals surface area (Å²) in [6.45, 7) is 7.87. The highest BCUT2D eigenvalue weighted by Gasteiger charge is 2.28. The summed E-state index contributed by atoms with van der Waals surface area (Å²) in [6, 6.07) is 0.328.